The van der Waals surface area contributed by atoms with Crippen LogP contribution in [0.5, 0.6) is 0 Å². The molecule has 0 aliphatic carbocycles. The number of primary amides is 1. The van der Waals surface area contributed by atoms with E-state index in [2.05, 4.69) is 0 Å². The molecule has 0 aromatic carbocycles. The highest BCUT2D eigenvalue weighted by molar-refractivity contribution is 5.80. The van der Waals surface area contributed by atoms with Gasteiger partial charge in [-0.2, -0.15) is 0 Å². The third kappa shape index (κ3) is 1.72. The Kier molecular flexibility index (Phi) is 2.32. The molecule has 0 saturated carbocycles. The zero-order chi connectivity index (χ0) is 9.35. The third-order valence-electron chi connectivity index (χ3n) is 2.10. The monoisotopic (exact) mass is 178 g/mol. The average Bonchev–Trinajstić information content (AvgIpc) is 2.25. The van der Waals surface area contributed by atoms with Crippen molar-refractivity contribution in [1.82, 2.24) is 4.90 Å². The largest absolute Gasteiger partial charge is 0.368 e. The molecule has 1 heterocycles. The molecule has 12 heavy (non-hydrogen) atoms. The summed E-state index contributed by atoms with van der Waals surface area (Å²) in [6, 6.07) is -0.787. The van der Waals surface area contributed by atoms with Crippen molar-refractivity contribution in [3.63, 3.8) is 0 Å². The van der Waals surface area contributed by atoms with Gasteiger partial charge < -0.3 is 5.73 Å². The predicted molar refractivity (Wildman–Crippen MR) is 39.8 cm³/mol. The maximum Gasteiger partial charge on any atom is 0.262 e. The first-order valence-corrected chi connectivity index (χ1v) is 3.87. The van der Waals surface area contributed by atoms with Crippen LogP contribution in [-0.4, -0.2) is 35.9 Å². The first-order valence-electron chi connectivity index (χ1n) is 3.87. The van der Waals surface area contributed by atoms with Gasteiger partial charge in [0.15, 0.2) is 0 Å². The van der Waals surface area contributed by atoms with Crippen molar-refractivity contribution in [2.75, 3.05) is 13.1 Å². The summed E-state index contributed by atoms with van der Waals surface area (Å²) in [6.07, 6.45) is -0.434. The molecular weight excluding hydrogens is 166 g/mol. The predicted octanol–water partition coefficient (Wildman–Crippen LogP) is 0.201. The van der Waals surface area contributed by atoms with Gasteiger partial charge in [-0.3, -0.25) is 9.69 Å². The summed E-state index contributed by atoms with van der Waals surface area (Å²) in [6.45, 7) is 1.82. The molecule has 0 bridgehead atoms. The summed E-state index contributed by atoms with van der Waals surface area (Å²) in [4.78, 5) is 12.1. The molecule has 1 rings (SSSR count). The first-order chi connectivity index (χ1) is 5.46. The Balaban J connectivity index is 2.69. The van der Waals surface area contributed by atoms with Crippen LogP contribution in [0.3, 0.4) is 0 Å². The van der Waals surface area contributed by atoms with Crippen LogP contribution in [0.1, 0.15) is 13.3 Å². The lowest BCUT2D eigenvalue weighted by Gasteiger charge is -2.17. The number of alkyl halides is 2. The Morgan fingerprint density at radius 3 is 2.67 bits per heavy atom. The van der Waals surface area contributed by atoms with Crippen LogP contribution in [-0.2, 0) is 4.79 Å². The topological polar surface area (TPSA) is 46.3 Å². The number of hydrogen-bond acceptors (Lipinski definition) is 2. The lowest BCUT2D eigenvalue weighted by atomic mass is 10.2. The quantitative estimate of drug-likeness (QED) is 0.656. The normalized spacial score (nSPS) is 29.1. The summed E-state index contributed by atoms with van der Waals surface area (Å²) in [5, 5.41) is 0. The summed E-state index contributed by atoms with van der Waals surface area (Å²) in [5.74, 6) is -3.41. The van der Waals surface area contributed by atoms with Gasteiger partial charge in [-0.15, -0.1) is 0 Å². The Labute approximate surface area is 69.5 Å². The van der Waals surface area contributed by atoms with Crippen molar-refractivity contribution in [2.45, 2.75) is 25.3 Å². The van der Waals surface area contributed by atoms with Crippen LogP contribution in [0.4, 0.5) is 8.78 Å². The fraction of sp³-hybridized carbons (Fsp3) is 0.857. The van der Waals surface area contributed by atoms with Gasteiger partial charge in [-0.1, -0.05) is 6.92 Å². The van der Waals surface area contributed by atoms with E-state index in [4.69, 9.17) is 5.73 Å². The summed E-state index contributed by atoms with van der Waals surface area (Å²) in [5.41, 5.74) is 4.97. The van der Waals surface area contributed by atoms with E-state index in [0.717, 1.165) is 0 Å². The Morgan fingerprint density at radius 1 is 1.75 bits per heavy atom. The summed E-state index contributed by atoms with van der Waals surface area (Å²) < 4.78 is 25.5. The van der Waals surface area contributed by atoms with Gasteiger partial charge in [0.1, 0.15) is 0 Å². The second-order valence-electron chi connectivity index (χ2n) is 3.04. The third-order valence-corrected chi connectivity index (χ3v) is 2.10. The maximum absolute atomic E-state index is 12.7. The first kappa shape index (κ1) is 9.38. The number of nitrogens with zero attached hydrogens (tertiary/aromatic N) is 1. The SMILES string of the molecule is CCN1CC(F)(F)C[C@@H]1C(N)=O. The Bertz CT molecular complexity index is 196. The van der Waals surface area contributed by atoms with Crippen molar-refractivity contribution < 1.29 is 13.6 Å². The molecule has 1 aliphatic rings. The number of rotatable bonds is 2. The molecular formula is C7H12F2N2O. The van der Waals surface area contributed by atoms with Crippen LogP contribution in [0, 0.1) is 0 Å². The lowest BCUT2D eigenvalue weighted by Crippen LogP contribution is -2.39. The summed E-state index contributed by atoms with van der Waals surface area (Å²) >= 11 is 0. The zero-order valence-corrected chi connectivity index (χ0v) is 6.89. The molecule has 2 N–H and O–H groups in total. The van der Waals surface area contributed by atoms with Crippen molar-refractivity contribution in [1.29, 1.82) is 0 Å². The smallest absolute Gasteiger partial charge is 0.262 e. The van der Waals surface area contributed by atoms with Crippen molar-refractivity contribution in [3.05, 3.63) is 0 Å². The van der Waals surface area contributed by atoms with Gasteiger partial charge in [-0.05, 0) is 6.54 Å². The van der Waals surface area contributed by atoms with E-state index >= 15 is 0 Å². The molecule has 0 unspecified atom stereocenters. The molecule has 1 fully saturated rings. The summed E-state index contributed by atoms with van der Waals surface area (Å²) in [7, 11) is 0. The minimum Gasteiger partial charge on any atom is -0.368 e. The highest BCUT2D eigenvalue weighted by Crippen LogP contribution is 2.31. The molecule has 0 aromatic heterocycles. The van der Waals surface area contributed by atoms with Gasteiger partial charge in [0, 0.05) is 6.42 Å². The molecule has 0 aromatic rings. The number of halogens is 2. The van der Waals surface area contributed by atoms with E-state index in [-0.39, 0.29) is 6.54 Å². The fourth-order valence-corrected chi connectivity index (χ4v) is 1.50. The van der Waals surface area contributed by atoms with E-state index in [9.17, 15) is 13.6 Å². The van der Waals surface area contributed by atoms with Gasteiger partial charge in [0.2, 0.25) is 5.91 Å². The average molecular weight is 178 g/mol. The molecule has 1 saturated heterocycles. The molecule has 70 valence electrons. The van der Waals surface area contributed by atoms with Crippen LogP contribution < -0.4 is 5.73 Å². The Morgan fingerprint density at radius 2 is 2.33 bits per heavy atom. The van der Waals surface area contributed by atoms with Crippen molar-refractivity contribution in [2.24, 2.45) is 5.73 Å². The minimum atomic E-state index is -2.75. The van der Waals surface area contributed by atoms with E-state index in [1.165, 1.54) is 4.90 Å². The van der Waals surface area contributed by atoms with Crippen molar-refractivity contribution >= 4 is 5.91 Å². The molecule has 5 heteroatoms. The standard InChI is InChI=1S/C7H12F2N2O/c1-2-11-4-7(8,9)3-5(11)6(10)12/h5H,2-4H2,1H3,(H2,10,12)/t5-/m1/s1. The van der Waals surface area contributed by atoms with Crippen LogP contribution in [0.2, 0.25) is 0 Å². The van der Waals surface area contributed by atoms with Crippen LogP contribution in [0.15, 0.2) is 0 Å². The number of likely N-dealkylation sites (N-methyl/N-ethyl adjacent to an activating group) is 1. The number of carbonyl (C=O) groups is 1. The van der Waals surface area contributed by atoms with E-state index in [1.54, 1.807) is 6.92 Å². The van der Waals surface area contributed by atoms with Crippen LogP contribution in [0.25, 0.3) is 0 Å². The van der Waals surface area contributed by atoms with Gasteiger partial charge >= 0.3 is 0 Å². The number of amides is 1. The molecule has 0 radical (unpaired) electrons. The molecule has 1 amide bonds. The molecule has 1 atom stereocenters. The van der Waals surface area contributed by atoms with Crippen LogP contribution >= 0.6 is 0 Å². The van der Waals surface area contributed by atoms with Crippen molar-refractivity contribution in [3.8, 4) is 0 Å². The fourth-order valence-electron chi connectivity index (χ4n) is 1.50. The van der Waals surface area contributed by atoms with Gasteiger partial charge in [0.05, 0.1) is 12.6 Å². The molecule has 0 spiro atoms. The number of likely N-dealkylation sites (tertiary alicyclic amines) is 1. The second kappa shape index (κ2) is 2.97. The highest BCUT2D eigenvalue weighted by atomic mass is 19.3. The second-order valence-corrected chi connectivity index (χ2v) is 3.04. The minimum absolute atomic E-state index is 0.350. The maximum atomic E-state index is 12.7. The molecule has 3 nitrogen and oxygen atoms in total. The number of hydrogen-bond donors (Lipinski definition) is 1. The van der Waals surface area contributed by atoms with E-state index in [1.807, 2.05) is 0 Å². The zero-order valence-electron chi connectivity index (χ0n) is 6.89. The number of nitrogens with two attached hydrogens (primary N) is 1. The molecule has 1 aliphatic heterocycles. The number of carbonyl (C=O) groups excluding carboxylic acids is 1. The Hall–Kier alpha value is -0.710. The van der Waals surface area contributed by atoms with E-state index < -0.39 is 24.3 Å². The van der Waals surface area contributed by atoms with E-state index in [0.29, 0.717) is 6.54 Å². The van der Waals surface area contributed by atoms with Gasteiger partial charge in [-0.25, -0.2) is 8.78 Å². The van der Waals surface area contributed by atoms with Gasteiger partial charge in [0.25, 0.3) is 5.92 Å². The lowest BCUT2D eigenvalue weighted by molar-refractivity contribution is -0.122. The highest BCUT2D eigenvalue weighted by Gasteiger charge is 2.46.